The Kier molecular flexibility index (Phi) is 4.18. The summed E-state index contributed by atoms with van der Waals surface area (Å²) in [7, 11) is 0. The van der Waals surface area contributed by atoms with Gasteiger partial charge in [0.1, 0.15) is 0 Å². The highest BCUT2D eigenvalue weighted by molar-refractivity contribution is 7.99. The number of tetrazole rings is 1. The van der Waals surface area contributed by atoms with Crippen LogP contribution in [0.5, 0.6) is 0 Å². The summed E-state index contributed by atoms with van der Waals surface area (Å²) in [6, 6.07) is 7.88. The molecular formula is C10H11ClN4S. The number of H-pyrrole nitrogens is 1. The van der Waals surface area contributed by atoms with Crippen LogP contribution in [0.2, 0.25) is 5.02 Å². The summed E-state index contributed by atoms with van der Waals surface area (Å²) in [5.74, 6) is 1.79. The molecule has 0 aliphatic rings. The van der Waals surface area contributed by atoms with E-state index in [2.05, 4.69) is 26.7 Å². The Morgan fingerprint density at radius 2 is 2.31 bits per heavy atom. The summed E-state index contributed by atoms with van der Waals surface area (Å²) < 4.78 is 0. The molecule has 6 heteroatoms. The highest BCUT2D eigenvalue weighted by Gasteiger charge is 1.99. The van der Waals surface area contributed by atoms with Gasteiger partial charge in [-0.2, -0.15) is 5.21 Å². The van der Waals surface area contributed by atoms with Gasteiger partial charge in [0.25, 0.3) is 0 Å². The number of hydrogen-bond acceptors (Lipinski definition) is 4. The summed E-state index contributed by atoms with van der Waals surface area (Å²) in [6.45, 7) is 0. The lowest BCUT2D eigenvalue weighted by molar-refractivity contribution is 0.847. The standard InChI is InChI=1S/C10H11ClN4S/c11-8-3-1-4-9(7-8)16-6-2-5-10-12-14-15-13-10/h1,3-4,7H,2,5-6H2,(H,12,13,14,15). The first-order chi connectivity index (χ1) is 7.84. The molecule has 0 unspecified atom stereocenters. The number of aromatic nitrogens is 4. The Bertz CT molecular complexity index is 432. The van der Waals surface area contributed by atoms with Crippen LogP contribution in [0.3, 0.4) is 0 Å². The highest BCUT2D eigenvalue weighted by Crippen LogP contribution is 2.22. The predicted octanol–water partition coefficient (Wildman–Crippen LogP) is 2.58. The molecule has 1 aromatic carbocycles. The molecule has 0 spiro atoms. The van der Waals surface area contributed by atoms with Crippen LogP contribution >= 0.6 is 23.4 Å². The van der Waals surface area contributed by atoms with E-state index in [-0.39, 0.29) is 0 Å². The molecule has 0 aliphatic carbocycles. The minimum absolute atomic E-state index is 0.770. The van der Waals surface area contributed by atoms with Crippen molar-refractivity contribution in [3.05, 3.63) is 35.1 Å². The summed E-state index contributed by atoms with van der Waals surface area (Å²) in [4.78, 5) is 1.20. The first-order valence-corrected chi connectivity index (χ1v) is 6.31. The van der Waals surface area contributed by atoms with Crippen LogP contribution in [0.1, 0.15) is 12.2 Å². The van der Waals surface area contributed by atoms with E-state index in [1.807, 2.05) is 18.2 Å². The van der Waals surface area contributed by atoms with Crippen molar-refractivity contribution in [1.29, 1.82) is 0 Å². The second-order valence-electron chi connectivity index (χ2n) is 3.24. The van der Waals surface area contributed by atoms with Gasteiger partial charge in [0.15, 0.2) is 5.82 Å². The zero-order valence-electron chi connectivity index (χ0n) is 8.56. The zero-order chi connectivity index (χ0) is 11.2. The number of hydrogen-bond donors (Lipinski definition) is 1. The fraction of sp³-hybridized carbons (Fsp3) is 0.300. The van der Waals surface area contributed by atoms with Crippen LogP contribution in [0, 0.1) is 0 Å². The molecule has 1 aromatic heterocycles. The molecule has 16 heavy (non-hydrogen) atoms. The average Bonchev–Trinajstić information content (AvgIpc) is 2.77. The first kappa shape index (κ1) is 11.4. The first-order valence-electron chi connectivity index (χ1n) is 4.95. The summed E-state index contributed by atoms with van der Waals surface area (Å²) in [5, 5.41) is 14.5. The third kappa shape index (κ3) is 3.50. The van der Waals surface area contributed by atoms with Gasteiger partial charge in [0.2, 0.25) is 0 Å². The predicted molar refractivity (Wildman–Crippen MR) is 64.7 cm³/mol. The number of nitrogens with zero attached hydrogens (tertiary/aromatic N) is 3. The minimum atomic E-state index is 0.770. The fourth-order valence-corrected chi connectivity index (χ4v) is 2.43. The fourth-order valence-electron chi connectivity index (χ4n) is 1.27. The molecule has 0 amide bonds. The van der Waals surface area contributed by atoms with E-state index in [4.69, 9.17) is 11.6 Å². The van der Waals surface area contributed by atoms with E-state index >= 15 is 0 Å². The molecule has 0 saturated heterocycles. The zero-order valence-corrected chi connectivity index (χ0v) is 10.1. The molecule has 0 aliphatic heterocycles. The van der Waals surface area contributed by atoms with Crippen molar-refractivity contribution in [3.63, 3.8) is 0 Å². The van der Waals surface area contributed by atoms with Gasteiger partial charge < -0.3 is 0 Å². The van der Waals surface area contributed by atoms with Gasteiger partial charge in [0.05, 0.1) is 0 Å². The Hall–Kier alpha value is -1.07. The van der Waals surface area contributed by atoms with Gasteiger partial charge in [-0.25, -0.2) is 0 Å². The number of thioether (sulfide) groups is 1. The van der Waals surface area contributed by atoms with Gasteiger partial charge in [-0.1, -0.05) is 22.9 Å². The maximum atomic E-state index is 5.89. The maximum Gasteiger partial charge on any atom is 0.174 e. The SMILES string of the molecule is Clc1cccc(SCCCc2nn[nH]n2)c1. The van der Waals surface area contributed by atoms with Crippen molar-refractivity contribution in [2.75, 3.05) is 5.75 Å². The van der Waals surface area contributed by atoms with Crippen LogP contribution in [-0.4, -0.2) is 26.4 Å². The molecule has 1 N–H and O–H groups in total. The molecule has 1 heterocycles. The highest BCUT2D eigenvalue weighted by atomic mass is 35.5. The monoisotopic (exact) mass is 254 g/mol. The third-order valence-electron chi connectivity index (χ3n) is 2.00. The van der Waals surface area contributed by atoms with Crippen molar-refractivity contribution in [1.82, 2.24) is 20.6 Å². The molecule has 0 saturated carbocycles. The number of rotatable bonds is 5. The van der Waals surface area contributed by atoms with Gasteiger partial charge in [0, 0.05) is 16.3 Å². The van der Waals surface area contributed by atoms with Gasteiger partial charge in [-0.15, -0.1) is 22.0 Å². The van der Waals surface area contributed by atoms with E-state index in [0.29, 0.717) is 0 Å². The van der Waals surface area contributed by atoms with Crippen molar-refractivity contribution >= 4 is 23.4 Å². The van der Waals surface area contributed by atoms with Crippen LogP contribution < -0.4 is 0 Å². The van der Waals surface area contributed by atoms with Crippen molar-refractivity contribution in [2.24, 2.45) is 0 Å². The van der Waals surface area contributed by atoms with Gasteiger partial charge in [-0.05, 0) is 30.4 Å². The topological polar surface area (TPSA) is 54.5 Å². The number of halogens is 1. The van der Waals surface area contributed by atoms with E-state index in [9.17, 15) is 0 Å². The van der Waals surface area contributed by atoms with E-state index in [1.54, 1.807) is 11.8 Å². The lowest BCUT2D eigenvalue weighted by Crippen LogP contribution is -1.90. The van der Waals surface area contributed by atoms with Crippen molar-refractivity contribution in [3.8, 4) is 0 Å². The summed E-state index contributed by atoms with van der Waals surface area (Å²) >= 11 is 7.68. The minimum Gasteiger partial charge on any atom is -0.177 e. The number of aromatic amines is 1. The molecule has 2 aromatic rings. The van der Waals surface area contributed by atoms with Crippen LogP contribution in [0.4, 0.5) is 0 Å². The smallest absolute Gasteiger partial charge is 0.174 e. The third-order valence-corrected chi connectivity index (χ3v) is 3.31. The molecule has 4 nitrogen and oxygen atoms in total. The van der Waals surface area contributed by atoms with Crippen LogP contribution in [0.25, 0.3) is 0 Å². The van der Waals surface area contributed by atoms with Crippen LogP contribution in [-0.2, 0) is 6.42 Å². The van der Waals surface area contributed by atoms with E-state index in [1.165, 1.54) is 4.90 Å². The Morgan fingerprint density at radius 3 is 3.06 bits per heavy atom. The van der Waals surface area contributed by atoms with Gasteiger partial charge >= 0.3 is 0 Å². The second-order valence-corrected chi connectivity index (χ2v) is 4.84. The second kappa shape index (κ2) is 5.86. The maximum absolute atomic E-state index is 5.89. The van der Waals surface area contributed by atoms with Crippen molar-refractivity contribution < 1.29 is 0 Å². The number of benzene rings is 1. The molecule has 0 radical (unpaired) electrons. The molecule has 0 bridgehead atoms. The Labute approximate surface area is 103 Å². The summed E-state index contributed by atoms with van der Waals surface area (Å²) in [6.07, 6.45) is 1.88. The quantitative estimate of drug-likeness (QED) is 0.658. The Balaban J connectivity index is 1.72. The summed E-state index contributed by atoms with van der Waals surface area (Å²) in [5.41, 5.74) is 0. The normalized spacial score (nSPS) is 10.6. The average molecular weight is 255 g/mol. The molecule has 84 valence electrons. The van der Waals surface area contributed by atoms with Crippen LogP contribution in [0.15, 0.2) is 29.2 Å². The lowest BCUT2D eigenvalue weighted by Gasteiger charge is -2.00. The number of nitrogens with one attached hydrogen (secondary N) is 1. The van der Waals surface area contributed by atoms with E-state index in [0.717, 1.165) is 29.4 Å². The largest absolute Gasteiger partial charge is 0.177 e. The van der Waals surface area contributed by atoms with Crippen molar-refractivity contribution in [2.45, 2.75) is 17.7 Å². The number of aryl methyl sites for hydroxylation is 1. The molecule has 0 atom stereocenters. The molecule has 2 rings (SSSR count). The molecular weight excluding hydrogens is 244 g/mol. The molecule has 0 fully saturated rings. The lowest BCUT2D eigenvalue weighted by atomic mass is 10.3. The van der Waals surface area contributed by atoms with Gasteiger partial charge in [-0.3, -0.25) is 0 Å². The van der Waals surface area contributed by atoms with E-state index < -0.39 is 0 Å². The Morgan fingerprint density at radius 1 is 1.38 bits per heavy atom.